The van der Waals surface area contributed by atoms with Crippen LogP contribution in [0.3, 0.4) is 0 Å². The van der Waals surface area contributed by atoms with Gasteiger partial charge in [-0.1, -0.05) is 42.0 Å². The summed E-state index contributed by atoms with van der Waals surface area (Å²) < 4.78 is 41.1. The molecule has 136 valence electrons. The molecule has 0 aliphatic heterocycles. The maximum atomic E-state index is 13.4. The smallest absolute Gasteiger partial charge is 0.350 e. The van der Waals surface area contributed by atoms with Gasteiger partial charge in [-0.2, -0.15) is 13.2 Å². The van der Waals surface area contributed by atoms with Crippen LogP contribution in [0.15, 0.2) is 48.5 Å². The summed E-state index contributed by atoms with van der Waals surface area (Å²) in [5.41, 5.74) is 2.45. The van der Waals surface area contributed by atoms with E-state index in [9.17, 15) is 18.0 Å². The number of fused-ring (bicyclic) bond motifs is 1. The lowest BCUT2D eigenvalue weighted by atomic mass is 10.1. The normalized spacial score (nSPS) is 13.0. The predicted molar refractivity (Wildman–Crippen MR) is 92.5 cm³/mol. The van der Waals surface area contributed by atoms with E-state index in [1.54, 1.807) is 12.1 Å². The molecule has 0 saturated carbocycles. The van der Waals surface area contributed by atoms with Gasteiger partial charge in [-0.3, -0.25) is 4.79 Å². The van der Waals surface area contributed by atoms with E-state index in [0.717, 1.165) is 15.7 Å². The second-order valence-electron chi connectivity index (χ2n) is 6.17. The molecule has 0 aliphatic rings. The summed E-state index contributed by atoms with van der Waals surface area (Å²) >= 11 is 0. The van der Waals surface area contributed by atoms with Crippen molar-refractivity contribution < 1.29 is 18.0 Å². The molecule has 4 nitrogen and oxygen atoms in total. The number of para-hydroxylation sites is 2. The van der Waals surface area contributed by atoms with E-state index in [4.69, 9.17) is 0 Å². The average molecular weight is 361 g/mol. The molecule has 1 atom stereocenters. The third-order valence-corrected chi connectivity index (χ3v) is 4.20. The second kappa shape index (κ2) is 6.82. The molecule has 26 heavy (non-hydrogen) atoms. The quantitative estimate of drug-likeness (QED) is 0.756. The Hall–Kier alpha value is -2.83. The molecule has 0 radical (unpaired) electrons. The largest absolute Gasteiger partial charge is 0.449 e. The van der Waals surface area contributed by atoms with Crippen LogP contribution in [0.5, 0.6) is 0 Å². The molecule has 0 aliphatic carbocycles. The van der Waals surface area contributed by atoms with Gasteiger partial charge in [-0.05, 0) is 31.5 Å². The molecule has 2 aromatic carbocycles. The van der Waals surface area contributed by atoms with Gasteiger partial charge in [0.25, 0.3) is 0 Å². The van der Waals surface area contributed by atoms with Crippen LogP contribution >= 0.6 is 0 Å². The predicted octanol–water partition coefficient (Wildman–Crippen LogP) is 4.24. The average Bonchev–Trinajstić information content (AvgIpc) is 3.00. The third-order valence-electron chi connectivity index (χ3n) is 4.20. The molecule has 0 saturated heterocycles. The molecule has 0 fully saturated rings. The zero-order chi connectivity index (χ0) is 18.9. The Morgan fingerprint density at radius 3 is 2.46 bits per heavy atom. The van der Waals surface area contributed by atoms with E-state index < -0.39 is 23.9 Å². The number of benzene rings is 2. The highest BCUT2D eigenvalue weighted by Crippen LogP contribution is 2.33. The highest BCUT2D eigenvalue weighted by Gasteiger charge is 2.39. The van der Waals surface area contributed by atoms with Crippen LogP contribution in [0.25, 0.3) is 11.0 Å². The van der Waals surface area contributed by atoms with Gasteiger partial charge in [-0.25, -0.2) is 4.98 Å². The van der Waals surface area contributed by atoms with Crippen LogP contribution in [0.4, 0.5) is 13.2 Å². The van der Waals surface area contributed by atoms with Crippen molar-refractivity contribution in [1.82, 2.24) is 14.9 Å². The summed E-state index contributed by atoms with van der Waals surface area (Å²) in [6, 6.07) is 12.8. The first-order valence-corrected chi connectivity index (χ1v) is 8.15. The molecular weight excluding hydrogens is 343 g/mol. The van der Waals surface area contributed by atoms with Gasteiger partial charge in [0, 0.05) is 6.54 Å². The number of alkyl halides is 3. The van der Waals surface area contributed by atoms with E-state index in [1.165, 1.54) is 19.1 Å². The van der Waals surface area contributed by atoms with Crippen LogP contribution < -0.4 is 5.32 Å². The number of amides is 1. The summed E-state index contributed by atoms with van der Waals surface area (Å²) in [5.74, 6) is -1.57. The van der Waals surface area contributed by atoms with Gasteiger partial charge < -0.3 is 9.88 Å². The number of hydrogen-bond donors (Lipinski definition) is 1. The maximum absolute atomic E-state index is 13.4. The number of aromatic nitrogens is 2. The number of carbonyl (C=O) groups excluding carboxylic acids is 1. The van der Waals surface area contributed by atoms with E-state index in [0.29, 0.717) is 0 Å². The van der Waals surface area contributed by atoms with Crippen molar-refractivity contribution in [2.45, 2.75) is 32.6 Å². The van der Waals surface area contributed by atoms with Crippen molar-refractivity contribution in [3.63, 3.8) is 0 Å². The number of rotatable bonds is 4. The number of nitrogens with zero attached hydrogens (tertiary/aromatic N) is 2. The molecule has 7 heteroatoms. The molecule has 3 rings (SSSR count). The summed E-state index contributed by atoms with van der Waals surface area (Å²) in [4.78, 5) is 16.2. The lowest BCUT2D eigenvalue weighted by Crippen LogP contribution is -2.32. The first-order valence-electron chi connectivity index (χ1n) is 8.15. The molecule has 1 heterocycles. The number of halogens is 3. The van der Waals surface area contributed by atoms with E-state index in [1.807, 2.05) is 31.2 Å². The maximum Gasteiger partial charge on any atom is 0.449 e. The fourth-order valence-corrected chi connectivity index (χ4v) is 2.80. The monoisotopic (exact) mass is 361 g/mol. The van der Waals surface area contributed by atoms with Crippen LogP contribution in [0, 0.1) is 6.92 Å². The van der Waals surface area contributed by atoms with Crippen molar-refractivity contribution >= 4 is 16.9 Å². The molecule has 1 amide bonds. The number of carbonyl (C=O) groups is 1. The Labute approximate surface area is 148 Å². The Kier molecular flexibility index (Phi) is 4.71. The zero-order valence-electron chi connectivity index (χ0n) is 14.3. The second-order valence-corrected chi connectivity index (χ2v) is 6.17. The highest BCUT2D eigenvalue weighted by molar-refractivity contribution is 5.84. The molecule has 1 N–H and O–H groups in total. The summed E-state index contributed by atoms with van der Waals surface area (Å²) in [7, 11) is 0. The Bertz CT molecular complexity index is 929. The lowest BCUT2D eigenvalue weighted by Gasteiger charge is -2.18. The minimum absolute atomic E-state index is 0.206. The van der Waals surface area contributed by atoms with Crippen LogP contribution in [-0.4, -0.2) is 15.5 Å². The van der Waals surface area contributed by atoms with Crippen LogP contribution in [0.2, 0.25) is 0 Å². The van der Waals surface area contributed by atoms with Crippen molar-refractivity contribution in [1.29, 1.82) is 0 Å². The first kappa shape index (κ1) is 18.0. The van der Waals surface area contributed by atoms with Gasteiger partial charge >= 0.3 is 6.18 Å². The minimum atomic E-state index is -4.65. The SMILES string of the molecule is Cc1ccc(CNC(=O)[C@@H](C)n2c(C(F)(F)F)nc3ccccc32)cc1. The number of imidazole rings is 1. The Morgan fingerprint density at radius 2 is 1.81 bits per heavy atom. The summed E-state index contributed by atoms with van der Waals surface area (Å²) in [6.45, 7) is 3.64. The van der Waals surface area contributed by atoms with Crippen LogP contribution in [-0.2, 0) is 17.5 Å². The van der Waals surface area contributed by atoms with Crippen molar-refractivity contribution in [3.05, 3.63) is 65.5 Å². The van der Waals surface area contributed by atoms with Crippen molar-refractivity contribution in [2.24, 2.45) is 0 Å². The minimum Gasteiger partial charge on any atom is -0.350 e. The standard InChI is InChI=1S/C19H18F3N3O/c1-12-7-9-14(10-8-12)11-23-17(26)13(2)25-16-6-4-3-5-15(16)24-18(25)19(20,21)22/h3-10,13H,11H2,1-2H3,(H,23,26)/t13-/m1/s1. The van der Waals surface area contributed by atoms with E-state index in [2.05, 4.69) is 10.3 Å². The van der Waals surface area contributed by atoms with E-state index >= 15 is 0 Å². The summed E-state index contributed by atoms with van der Waals surface area (Å²) in [5, 5.41) is 2.69. The number of nitrogens with one attached hydrogen (secondary N) is 1. The van der Waals surface area contributed by atoms with Gasteiger partial charge in [0.15, 0.2) is 0 Å². The van der Waals surface area contributed by atoms with Crippen molar-refractivity contribution in [2.75, 3.05) is 0 Å². The third kappa shape index (κ3) is 3.56. The lowest BCUT2D eigenvalue weighted by molar-refractivity contribution is -0.148. The van der Waals surface area contributed by atoms with Gasteiger partial charge in [0.2, 0.25) is 11.7 Å². The van der Waals surface area contributed by atoms with Gasteiger partial charge in [0.05, 0.1) is 11.0 Å². The molecule has 0 unspecified atom stereocenters. The van der Waals surface area contributed by atoms with Crippen LogP contribution in [0.1, 0.15) is 29.9 Å². The fourth-order valence-electron chi connectivity index (χ4n) is 2.80. The number of aryl methyl sites for hydroxylation is 1. The Morgan fingerprint density at radius 1 is 1.15 bits per heavy atom. The Balaban J connectivity index is 1.87. The topological polar surface area (TPSA) is 46.9 Å². The zero-order valence-corrected chi connectivity index (χ0v) is 14.3. The fraction of sp³-hybridized carbons (Fsp3) is 0.263. The summed E-state index contributed by atoms with van der Waals surface area (Å²) in [6.07, 6.45) is -4.65. The molecule has 0 spiro atoms. The van der Waals surface area contributed by atoms with Gasteiger partial charge in [-0.15, -0.1) is 0 Å². The van der Waals surface area contributed by atoms with E-state index in [-0.39, 0.29) is 17.6 Å². The molecule has 3 aromatic rings. The number of hydrogen-bond acceptors (Lipinski definition) is 2. The first-order chi connectivity index (χ1) is 12.3. The van der Waals surface area contributed by atoms with Gasteiger partial charge in [0.1, 0.15) is 6.04 Å². The molecule has 0 bridgehead atoms. The molecular formula is C19H18F3N3O. The highest BCUT2D eigenvalue weighted by atomic mass is 19.4. The molecule has 1 aromatic heterocycles. The van der Waals surface area contributed by atoms with Crippen molar-refractivity contribution in [3.8, 4) is 0 Å².